The summed E-state index contributed by atoms with van der Waals surface area (Å²) in [5.74, 6) is 0.00615. The van der Waals surface area contributed by atoms with Gasteiger partial charge in [-0.2, -0.15) is 0 Å². The van der Waals surface area contributed by atoms with E-state index in [1.165, 1.54) is 6.26 Å². The number of furan rings is 1. The van der Waals surface area contributed by atoms with Crippen molar-refractivity contribution in [3.05, 3.63) is 48.4 Å². The Kier molecular flexibility index (Phi) is 3.70. The van der Waals surface area contributed by atoms with E-state index in [1.807, 2.05) is 0 Å². The van der Waals surface area contributed by atoms with Crippen LogP contribution in [0.4, 0.5) is 11.4 Å². The van der Waals surface area contributed by atoms with E-state index in [-0.39, 0.29) is 23.5 Å². The van der Waals surface area contributed by atoms with Gasteiger partial charge in [0.15, 0.2) is 5.76 Å². The molecule has 1 aromatic heterocycles. The highest BCUT2D eigenvalue weighted by atomic mass is 16.3. The van der Waals surface area contributed by atoms with Crippen molar-refractivity contribution in [1.82, 2.24) is 5.32 Å². The molecule has 0 spiro atoms. The van der Waals surface area contributed by atoms with Gasteiger partial charge in [-0.25, -0.2) is 0 Å². The summed E-state index contributed by atoms with van der Waals surface area (Å²) in [6.45, 7) is 1.45. The molecule has 1 aliphatic rings. The smallest absolute Gasteiger partial charge is 0.291 e. The van der Waals surface area contributed by atoms with Crippen molar-refractivity contribution in [1.29, 1.82) is 0 Å². The number of rotatable bonds is 4. The molecule has 1 aliphatic heterocycles. The predicted octanol–water partition coefficient (Wildman–Crippen LogP) is 1.69. The lowest BCUT2D eigenvalue weighted by Crippen LogP contribution is -2.48. The minimum atomic E-state index is -0.308. The summed E-state index contributed by atoms with van der Waals surface area (Å²) in [4.78, 5) is 23.6. The molecule has 1 fully saturated rings. The van der Waals surface area contributed by atoms with Gasteiger partial charge in [0.25, 0.3) is 5.91 Å². The van der Waals surface area contributed by atoms with Crippen molar-refractivity contribution in [2.75, 3.05) is 23.7 Å². The van der Waals surface area contributed by atoms with Crippen LogP contribution in [0.1, 0.15) is 10.6 Å². The molecule has 2 heterocycles. The van der Waals surface area contributed by atoms with Crippen LogP contribution in [0.2, 0.25) is 0 Å². The van der Waals surface area contributed by atoms with Crippen LogP contribution in [-0.2, 0) is 4.79 Å². The summed E-state index contributed by atoms with van der Waals surface area (Å²) in [6.07, 6.45) is 1.45. The molecule has 0 atom stereocenters. The highest BCUT2D eigenvalue weighted by Crippen LogP contribution is 2.16. The highest BCUT2D eigenvalue weighted by molar-refractivity contribution is 6.02. The lowest BCUT2D eigenvalue weighted by atomic mass is 10.0. The van der Waals surface area contributed by atoms with Crippen LogP contribution in [0.15, 0.2) is 47.1 Å². The first kappa shape index (κ1) is 13.4. The lowest BCUT2D eigenvalue weighted by Gasteiger charge is -2.25. The van der Waals surface area contributed by atoms with Crippen molar-refractivity contribution in [2.45, 2.75) is 0 Å². The maximum Gasteiger partial charge on any atom is 0.291 e. The van der Waals surface area contributed by atoms with Crippen molar-refractivity contribution in [3.8, 4) is 0 Å². The molecule has 108 valence electrons. The van der Waals surface area contributed by atoms with E-state index in [0.717, 1.165) is 13.1 Å². The van der Waals surface area contributed by atoms with Crippen molar-refractivity contribution < 1.29 is 14.0 Å². The average Bonchev–Trinajstić information content (AvgIpc) is 2.93. The maximum atomic E-state index is 11.8. The Morgan fingerprint density at radius 3 is 2.24 bits per heavy atom. The van der Waals surface area contributed by atoms with Gasteiger partial charge in [-0.3, -0.25) is 9.59 Å². The molecular weight excluding hydrogens is 270 g/mol. The minimum Gasteiger partial charge on any atom is -0.459 e. The van der Waals surface area contributed by atoms with Gasteiger partial charge >= 0.3 is 0 Å². The lowest BCUT2D eigenvalue weighted by molar-refractivity contribution is -0.121. The molecule has 3 rings (SSSR count). The van der Waals surface area contributed by atoms with Gasteiger partial charge < -0.3 is 20.4 Å². The number of carbonyl (C=O) groups excluding carboxylic acids is 2. The number of hydrogen-bond donors (Lipinski definition) is 3. The first-order valence-electron chi connectivity index (χ1n) is 6.69. The van der Waals surface area contributed by atoms with Crippen LogP contribution >= 0.6 is 0 Å². The summed E-state index contributed by atoms with van der Waals surface area (Å²) >= 11 is 0. The van der Waals surface area contributed by atoms with Crippen LogP contribution in [0, 0.1) is 5.92 Å². The second kappa shape index (κ2) is 5.80. The number of nitrogens with one attached hydrogen (secondary N) is 3. The average molecular weight is 285 g/mol. The van der Waals surface area contributed by atoms with Crippen LogP contribution in [-0.4, -0.2) is 24.9 Å². The fraction of sp³-hybridized carbons (Fsp3) is 0.200. The third-order valence-corrected chi connectivity index (χ3v) is 3.31. The Morgan fingerprint density at radius 2 is 1.71 bits per heavy atom. The van der Waals surface area contributed by atoms with Gasteiger partial charge in [-0.05, 0) is 36.4 Å². The number of hydrogen-bond acceptors (Lipinski definition) is 4. The molecule has 0 unspecified atom stereocenters. The molecular formula is C15H15N3O3. The van der Waals surface area contributed by atoms with Gasteiger partial charge in [0.2, 0.25) is 5.91 Å². The summed E-state index contributed by atoms with van der Waals surface area (Å²) in [5, 5.41) is 8.61. The van der Waals surface area contributed by atoms with Crippen LogP contribution in [0.25, 0.3) is 0 Å². The molecule has 3 N–H and O–H groups in total. The first-order chi connectivity index (χ1) is 10.2. The molecule has 0 radical (unpaired) electrons. The number of carbonyl (C=O) groups is 2. The monoisotopic (exact) mass is 285 g/mol. The summed E-state index contributed by atoms with van der Waals surface area (Å²) in [5.41, 5.74) is 1.35. The molecule has 1 saturated heterocycles. The van der Waals surface area contributed by atoms with Gasteiger partial charge in [0.05, 0.1) is 12.2 Å². The standard InChI is InChI=1S/C15H15N3O3/c19-14(10-8-16-9-10)17-11-3-5-12(6-4-11)18-15(20)13-2-1-7-21-13/h1-7,10,16H,8-9H2,(H,17,19)(H,18,20). The topological polar surface area (TPSA) is 83.4 Å². The molecule has 0 bridgehead atoms. The second-order valence-corrected chi connectivity index (χ2v) is 4.85. The summed E-state index contributed by atoms with van der Waals surface area (Å²) < 4.78 is 5.01. The Labute approximate surface area is 121 Å². The van der Waals surface area contributed by atoms with Crippen LogP contribution < -0.4 is 16.0 Å². The molecule has 2 amide bonds. The van der Waals surface area contributed by atoms with Crippen molar-refractivity contribution >= 4 is 23.2 Å². The Bertz CT molecular complexity index is 631. The quantitative estimate of drug-likeness (QED) is 0.798. The molecule has 2 aromatic rings. The molecule has 0 aliphatic carbocycles. The zero-order chi connectivity index (χ0) is 14.7. The summed E-state index contributed by atoms with van der Waals surface area (Å²) in [7, 11) is 0. The minimum absolute atomic E-state index is 0.0149. The van der Waals surface area contributed by atoms with E-state index in [4.69, 9.17) is 4.42 Å². The third kappa shape index (κ3) is 3.11. The largest absolute Gasteiger partial charge is 0.459 e. The van der Waals surface area contributed by atoms with E-state index in [1.54, 1.807) is 36.4 Å². The van der Waals surface area contributed by atoms with Gasteiger partial charge in [0.1, 0.15) is 0 Å². The van der Waals surface area contributed by atoms with E-state index in [9.17, 15) is 9.59 Å². The van der Waals surface area contributed by atoms with E-state index in [2.05, 4.69) is 16.0 Å². The Balaban J connectivity index is 1.58. The van der Waals surface area contributed by atoms with Crippen molar-refractivity contribution in [3.63, 3.8) is 0 Å². The van der Waals surface area contributed by atoms with E-state index < -0.39 is 0 Å². The molecule has 1 aromatic carbocycles. The number of benzene rings is 1. The predicted molar refractivity (Wildman–Crippen MR) is 78.1 cm³/mol. The van der Waals surface area contributed by atoms with Gasteiger partial charge in [-0.15, -0.1) is 0 Å². The normalized spacial score (nSPS) is 14.3. The molecule has 21 heavy (non-hydrogen) atoms. The van der Waals surface area contributed by atoms with Crippen LogP contribution in [0.5, 0.6) is 0 Å². The summed E-state index contributed by atoms with van der Waals surface area (Å²) in [6, 6.07) is 10.2. The Morgan fingerprint density at radius 1 is 1.05 bits per heavy atom. The number of amides is 2. The van der Waals surface area contributed by atoms with Gasteiger partial charge in [-0.1, -0.05) is 0 Å². The first-order valence-corrected chi connectivity index (χ1v) is 6.69. The van der Waals surface area contributed by atoms with Gasteiger partial charge in [0, 0.05) is 24.5 Å². The zero-order valence-electron chi connectivity index (χ0n) is 11.3. The van der Waals surface area contributed by atoms with Crippen LogP contribution in [0.3, 0.4) is 0 Å². The third-order valence-electron chi connectivity index (χ3n) is 3.31. The maximum absolute atomic E-state index is 11.8. The second-order valence-electron chi connectivity index (χ2n) is 4.85. The molecule has 6 nitrogen and oxygen atoms in total. The van der Waals surface area contributed by atoms with E-state index in [0.29, 0.717) is 11.4 Å². The van der Waals surface area contributed by atoms with Crippen molar-refractivity contribution in [2.24, 2.45) is 5.92 Å². The zero-order valence-corrected chi connectivity index (χ0v) is 11.3. The fourth-order valence-electron chi connectivity index (χ4n) is 1.96. The highest BCUT2D eigenvalue weighted by Gasteiger charge is 2.24. The molecule has 0 saturated carbocycles. The fourth-order valence-corrected chi connectivity index (χ4v) is 1.96. The van der Waals surface area contributed by atoms with E-state index >= 15 is 0 Å². The Hall–Kier alpha value is -2.60. The number of anilines is 2. The molecule has 6 heteroatoms. The SMILES string of the molecule is O=C(Nc1ccc(NC(=O)C2CNC2)cc1)c1ccco1.